The van der Waals surface area contributed by atoms with E-state index >= 15 is 0 Å². The fraction of sp³-hybridized carbons (Fsp3) is 0.588. The number of β-amino-alcohol motifs (C(OH)–C–C–N with tert-alkyl or cyclic N) is 1. The molecule has 1 aromatic rings. The molecule has 1 aromatic carbocycles. The minimum atomic E-state index is -1.13. The summed E-state index contributed by atoms with van der Waals surface area (Å²) < 4.78 is 0. The van der Waals surface area contributed by atoms with Crippen molar-refractivity contribution in [2.24, 2.45) is 11.8 Å². The summed E-state index contributed by atoms with van der Waals surface area (Å²) in [4.78, 5) is 14.3. The fourth-order valence-corrected chi connectivity index (χ4v) is 3.76. The Hall–Kier alpha value is -1.39. The van der Waals surface area contributed by atoms with Crippen LogP contribution in [0.5, 0.6) is 0 Å². The molecule has 2 aliphatic rings. The largest absolute Gasteiger partial charge is 0.396 e. The molecule has 1 aliphatic heterocycles. The Labute approximate surface area is 125 Å². The van der Waals surface area contributed by atoms with Crippen LogP contribution in [-0.2, 0) is 10.4 Å². The highest BCUT2D eigenvalue weighted by Gasteiger charge is 2.48. The number of benzene rings is 1. The number of likely N-dealkylation sites (tertiary alicyclic amines) is 1. The van der Waals surface area contributed by atoms with Crippen molar-refractivity contribution in [3.8, 4) is 0 Å². The van der Waals surface area contributed by atoms with Crippen molar-refractivity contribution in [3.63, 3.8) is 0 Å². The van der Waals surface area contributed by atoms with Gasteiger partial charge in [-0.05, 0) is 18.4 Å². The number of amides is 1. The molecule has 1 amide bonds. The van der Waals surface area contributed by atoms with Crippen molar-refractivity contribution in [2.45, 2.75) is 31.3 Å². The zero-order valence-electron chi connectivity index (χ0n) is 12.2. The number of aliphatic hydroxyl groups is 2. The smallest absolute Gasteiger partial charge is 0.225 e. The summed E-state index contributed by atoms with van der Waals surface area (Å²) in [5, 5.41) is 20.7. The lowest BCUT2D eigenvalue weighted by atomic mass is 9.84. The van der Waals surface area contributed by atoms with Crippen LogP contribution in [0, 0.1) is 11.8 Å². The highest BCUT2D eigenvalue weighted by molar-refractivity contribution is 5.79. The van der Waals surface area contributed by atoms with Crippen LogP contribution in [0.25, 0.3) is 0 Å². The van der Waals surface area contributed by atoms with Gasteiger partial charge in [-0.3, -0.25) is 4.79 Å². The van der Waals surface area contributed by atoms with Crippen molar-refractivity contribution < 1.29 is 15.0 Å². The van der Waals surface area contributed by atoms with E-state index in [1.165, 1.54) is 0 Å². The SMILES string of the molecule is O=C(C1CCCC1)N1CC(CO)[C@@](O)(c2ccccc2)C1. The van der Waals surface area contributed by atoms with Gasteiger partial charge in [0.15, 0.2) is 0 Å². The Morgan fingerprint density at radius 2 is 1.90 bits per heavy atom. The van der Waals surface area contributed by atoms with Crippen LogP contribution < -0.4 is 0 Å². The number of hydrogen-bond acceptors (Lipinski definition) is 3. The van der Waals surface area contributed by atoms with E-state index in [0.717, 1.165) is 31.2 Å². The maximum atomic E-state index is 12.6. The van der Waals surface area contributed by atoms with Crippen LogP contribution in [0.4, 0.5) is 0 Å². The van der Waals surface area contributed by atoms with Crippen molar-refractivity contribution in [1.82, 2.24) is 4.90 Å². The van der Waals surface area contributed by atoms with E-state index in [9.17, 15) is 15.0 Å². The first-order chi connectivity index (χ1) is 10.1. The van der Waals surface area contributed by atoms with E-state index < -0.39 is 5.60 Å². The monoisotopic (exact) mass is 289 g/mol. The molecule has 4 nitrogen and oxygen atoms in total. The van der Waals surface area contributed by atoms with Crippen molar-refractivity contribution >= 4 is 5.91 Å². The van der Waals surface area contributed by atoms with E-state index in [1.807, 2.05) is 30.3 Å². The molecule has 1 unspecified atom stereocenters. The first-order valence-electron chi connectivity index (χ1n) is 7.82. The van der Waals surface area contributed by atoms with Gasteiger partial charge in [0.05, 0.1) is 13.2 Å². The maximum absolute atomic E-state index is 12.6. The summed E-state index contributed by atoms with van der Waals surface area (Å²) >= 11 is 0. The maximum Gasteiger partial charge on any atom is 0.225 e. The van der Waals surface area contributed by atoms with Gasteiger partial charge in [-0.25, -0.2) is 0 Å². The minimum absolute atomic E-state index is 0.111. The molecular formula is C17H23NO3. The van der Waals surface area contributed by atoms with Gasteiger partial charge < -0.3 is 15.1 Å². The summed E-state index contributed by atoms with van der Waals surface area (Å²) in [5.74, 6) is -0.0504. The summed E-state index contributed by atoms with van der Waals surface area (Å²) in [6.45, 7) is 0.620. The van der Waals surface area contributed by atoms with Gasteiger partial charge in [-0.2, -0.15) is 0 Å². The van der Waals surface area contributed by atoms with Crippen molar-refractivity contribution in [2.75, 3.05) is 19.7 Å². The van der Waals surface area contributed by atoms with Crippen LogP contribution in [0.3, 0.4) is 0 Å². The van der Waals surface area contributed by atoms with E-state index in [2.05, 4.69) is 0 Å². The van der Waals surface area contributed by atoms with Gasteiger partial charge in [0.25, 0.3) is 0 Å². The molecule has 2 N–H and O–H groups in total. The molecule has 114 valence electrons. The molecule has 0 bridgehead atoms. The quantitative estimate of drug-likeness (QED) is 0.887. The molecule has 1 aliphatic carbocycles. The molecule has 3 rings (SSSR count). The molecule has 1 saturated heterocycles. The summed E-state index contributed by atoms with van der Waals surface area (Å²) in [7, 11) is 0. The van der Waals surface area contributed by atoms with Crippen molar-refractivity contribution in [1.29, 1.82) is 0 Å². The van der Waals surface area contributed by atoms with Crippen molar-refractivity contribution in [3.05, 3.63) is 35.9 Å². The first kappa shape index (κ1) is 14.5. The first-order valence-corrected chi connectivity index (χ1v) is 7.82. The van der Waals surface area contributed by atoms with E-state index in [4.69, 9.17) is 0 Å². The minimum Gasteiger partial charge on any atom is -0.396 e. The topological polar surface area (TPSA) is 60.8 Å². The van der Waals surface area contributed by atoms with E-state index in [-0.39, 0.29) is 30.9 Å². The van der Waals surface area contributed by atoms with Gasteiger partial charge in [-0.15, -0.1) is 0 Å². The molecule has 4 heteroatoms. The Morgan fingerprint density at radius 3 is 2.52 bits per heavy atom. The number of hydrogen-bond donors (Lipinski definition) is 2. The molecule has 1 heterocycles. The van der Waals surface area contributed by atoms with Crippen LogP contribution in [-0.4, -0.2) is 40.7 Å². The predicted molar refractivity (Wildman–Crippen MR) is 79.5 cm³/mol. The Bertz CT molecular complexity index is 498. The third kappa shape index (κ3) is 2.58. The molecule has 0 radical (unpaired) electrons. The zero-order valence-corrected chi connectivity index (χ0v) is 12.2. The second kappa shape index (κ2) is 5.78. The number of carbonyl (C=O) groups is 1. The lowest BCUT2D eigenvalue weighted by molar-refractivity contribution is -0.135. The van der Waals surface area contributed by atoms with E-state index in [0.29, 0.717) is 6.54 Å². The zero-order chi connectivity index (χ0) is 14.9. The summed E-state index contributed by atoms with van der Waals surface area (Å²) in [6, 6.07) is 9.39. The highest BCUT2D eigenvalue weighted by Crippen LogP contribution is 2.38. The number of aliphatic hydroxyl groups excluding tert-OH is 1. The van der Waals surface area contributed by atoms with Gasteiger partial charge in [0.1, 0.15) is 5.60 Å². The average Bonchev–Trinajstić information content (AvgIpc) is 3.15. The molecule has 21 heavy (non-hydrogen) atoms. The predicted octanol–water partition coefficient (Wildman–Crippen LogP) is 1.52. The van der Waals surface area contributed by atoms with Crippen LogP contribution in [0.1, 0.15) is 31.2 Å². The Balaban J connectivity index is 1.81. The second-order valence-electron chi connectivity index (χ2n) is 6.37. The van der Waals surface area contributed by atoms with Gasteiger partial charge >= 0.3 is 0 Å². The fourth-order valence-electron chi connectivity index (χ4n) is 3.76. The third-order valence-corrected chi connectivity index (χ3v) is 5.06. The number of rotatable bonds is 3. The molecule has 0 aromatic heterocycles. The van der Waals surface area contributed by atoms with Crippen LogP contribution in [0.15, 0.2) is 30.3 Å². The lowest BCUT2D eigenvalue weighted by Crippen LogP contribution is -2.38. The summed E-state index contributed by atoms with van der Waals surface area (Å²) in [6.07, 6.45) is 4.17. The standard InChI is InChI=1S/C17H23NO3/c19-11-15-10-18(16(20)13-6-4-5-7-13)12-17(15,21)14-8-2-1-3-9-14/h1-3,8-9,13,15,19,21H,4-7,10-12H2/t15?,17-/m0/s1. The third-order valence-electron chi connectivity index (χ3n) is 5.06. The molecule has 1 saturated carbocycles. The van der Waals surface area contributed by atoms with E-state index in [1.54, 1.807) is 4.90 Å². The summed E-state index contributed by atoms with van der Waals surface area (Å²) in [5.41, 5.74) is -0.352. The molecule has 2 fully saturated rings. The second-order valence-corrected chi connectivity index (χ2v) is 6.37. The molecule has 0 spiro atoms. The lowest BCUT2D eigenvalue weighted by Gasteiger charge is -2.28. The number of nitrogens with zero attached hydrogens (tertiary/aromatic N) is 1. The Kier molecular flexibility index (Phi) is 4.00. The normalized spacial score (nSPS) is 30.0. The molecular weight excluding hydrogens is 266 g/mol. The van der Waals surface area contributed by atoms with Gasteiger partial charge in [-0.1, -0.05) is 43.2 Å². The Morgan fingerprint density at radius 1 is 1.24 bits per heavy atom. The van der Waals surface area contributed by atoms with Crippen LogP contribution in [0.2, 0.25) is 0 Å². The van der Waals surface area contributed by atoms with Gasteiger partial charge in [0.2, 0.25) is 5.91 Å². The average molecular weight is 289 g/mol. The number of carbonyl (C=O) groups excluding carboxylic acids is 1. The molecule has 2 atom stereocenters. The van der Waals surface area contributed by atoms with Crippen LogP contribution >= 0.6 is 0 Å². The van der Waals surface area contributed by atoms with Gasteiger partial charge in [0, 0.05) is 18.4 Å². The highest BCUT2D eigenvalue weighted by atomic mass is 16.3.